The van der Waals surface area contributed by atoms with E-state index < -0.39 is 0 Å². The fraction of sp³-hybridized carbons (Fsp3) is 0.294. The molecule has 0 radical (unpaired) electrons. The first-order valence-electron chi connectivity index (χ1n) is 7.68. The second-order valence-corrected chi connectivity index (χ2v) is 5.71. The van der Waals surface area contributed by atoms with Crippen LogP contribution in [0.25, 0.3) is 11.4 Å². The van der Waals surface area contributed by atoms with Gasteiger partial charge in [0.2, 0.25) is 5.91 Å². The lowest BCUT2D eigenvalue weighted by Crippen LogP contribution is -2.40. The van der Waals surface area contributed by atoms with Crippen molar-refractivity contribution in [1.82, 2.24) is 20.2 Å². The maximum atomic E-state index is 12.1. The molecule has 2 heterocycles. The van der Waals surface area contributed by atoms with E-state index in [0.717, 1.165) is 5.56 Å². The van der Waals surface area contributed by atoms with E-state index in [2.05, 4.69) is 15.6 Å². The minimum atomic E-state index is -0.206. The van der Waals surface area contributed by atoms with Gasteiger partial charge in [0, 0.05) is 31.1 Å². The van der Waals surface area contributed by atoms with Crippen molar-refractivity contribution in [3.8, 4) is 11.4 Å². The molecule has 24 heavy (non-hydrogen) atoms. The van der Waals surface area contributed by atoms with Crippen molar-refractivity contribution < 1.29 is 14.4 Å². The predicted molar refractivity (Wildman–Crippen MR) is 87.7 cm³/mol. The number of fused-ring (bicyclic) bond motifs is 1. The van der Waals surface area contributed by atoms with Gasteiger partial charge in [-0.2, -0.15) is 0 Å². The highest BCUT2D eigenvalue weighted by atomic mass is 16.2. The van der Waals surface area contributed by atoms with Gasteiger partial charge in [-0.25, -0.2) is 4.98 Å². The Morgan fingerprint density at radius 3 is 2.67 bits per heavy atom. The highest BCUT2D eigenvalue weighted by Crippen LogP contribution is 2.28. The van der Waals surface area contributed by atoms with Crippen LogP contribution in [0.4, 0.5) is 0 Å². The molecule has 0 fully saturated rings. The summed E-state index contributed by atoms with van der Waals surface area (Å²) in [6, 6.07) is 6.86. The number of hydrogen-bond acceptors (Lipinski definition) is 4. The number of amides is 2. The summed E-state index contributed by atoms with van der Waals surface area (Å²) in [6.45, 7) is 1.88. The van der Waals surface area contributed by atoms with Crippen LogP contribution in [-0.4, -0.2) is 40.7 Å². The molecule has 1 aliphatic heterocycles. The minimum absolute atomic E-state index is 0.0106. The number of nitrogens with one attached hydrogen (secondary N) is 2. The zero-order valence-corrected chi connectivity index (χ0v) is 13.5. The van der Waals surface area contributed by atoms with Crippen LogP contribution in [0, 0.1) is 0 Å². The second-order valence-electron chi connectivity index (χ2n) is 5.71. The molecule has 124 valence electrons. The molecule has 1 unspecified atom stereocenters. The van der Waals surface area contributed by atoms with Crippen LogP contribution < -0.4 is 10.6 Å². The monoisotopic (exact) mass is 326 g/mol. The van der Waals surface area contributed by atoms with E-state index in [1.54, 1.807) is 35.9 Å². The first kappa shape index (κ1) is 15.9. The molecule has 1 aromatic carbocycles. The average Bonchev–Trinajstić information content (AvgIpc) is 3.03. The van der Waals surface area contributed by atoms with Crippen molar-refractivity contribution in [3.63, 3.8) is 0 Å². The van der Waals surface area contributed by atoms with Gasteiger partial charge in [0.1, 0.15) is 11.5 Å². The van der Waals surface area contributed by atoms with Gasteiger partial charge in [-0.3, -0.25) is 14.4 Å². The molecule has 1 atom stereocenters. The van der Waals surface area contributed by atoms with Crippen molar-refractivity contribution in [1.29, 1.82) is 0 Å². The number of hydrogen-bond donors (Lipinski definition) is 2. The molecule has 7 nitrogen and oxygen atoms in total. The van der Waals surface area contributed by atoms with Gasteiger partial charge in [-0.05, 0) is 6.92 Å². The Morgan fingerprint density at radius 2 is 2.04 bits per heavy atom. The van der Waals surface area contributed by atoms with E-state index in [1.165, 1.54) is 13.1 Å². The number of rotatable bonds is 4. The van der Waals surface area contributed by atoms with Crippen LogP contribution >= 0.6 is 0 Å². The molecule has 3 rings (SSSR count). The van der Waals surface area contributed by atoms with Crippen molar-refractivity contribution in [2.75, 3.05) is 13.6 Å². The Bertz CT molecular complexity index is 808. The second kappa shape index (κ2) is 6.27. The largest absolute Gasteiger partial charge is 0.359 e. The summed E-state index contributed by atoms with van der Waals surface area (Å²) in [7, 11) is 1.58. The summed E-state index contributed by atoms with van der Waals surface area (Å²) >= 11 is 0. The lowest BCUT2D eigenvalue weighted by molar-refractivity contribution is -0.121. The zero-order valence-electron chi connectivity index (χ0n) is 13.5. The highest BCUT2D eigenvalue weighted by Gasteiger charge is 2.29. The van der Waals surface area contributed by atoms with Crippen LogP contribution in [0.3, 0.4) is 0 Å². The van der Waals surface area contributed by atoms with Crippen LogP contribution in [0.5, 0.6) is 0 Å². The summed E-state index contributed by atoms with van der Waals surface area (Å²) in [5, 5.41) is 5.38. The van der Waals surface area contributed by atoms with Gasteiger partial charge in [-0.1, -0.05) is 24.3 Å². The molecule has 0 bridgehead atoms. The van der Waals surface area contributed by atoms with E-state index in [-0.39, 0.29) is 30.1 Å². The fourth-order valence-corrected chi connectivity index (χ4v) is 2.84. The summed E-state index contributed by atoms with van der Waals surface area (Å²) in [4.78, 5) is 39.6. The van der Waals surface area contributed by atoms with Crippen molar-refractivity contribution in [2.24, 2.45) is 0 Å². The van der Waals surface area contributed by atoms with Gasteiger partial charge in [0.05, 0.1) is 12.2 Å². The van der Waals surface area contributed by atoms with Crippen LogP contribution in [-0.2, 0) is 4.79 Å². The van der Waals surface area contributed by atoms with E-state index in [4.69, 9.17) is 0 Å². The van der Waals surface area contributed by atoms with Crippen molar-refractivity contribution in [2.45, 2.75) is 19.4 Å². The fourth-order valence-electron chi connectivity index (χ4n) is 2.84. The summed E-state index contributed by atoms with van der Waals surface area (Å²) in [5.74, 6) is 0.295. The number of aromatic nitrogens is 2. The lowest BCUT2D eigenvalue weighted by atomic mass is 10.1. The highest BCUT2D eigenvalue weighted by molar-refractivity contribution is 5.95. The molecule has 2 N–H and O–H groups in total. The molecule has 2 aromatic rings. The average molecular weight is 326 g/mol. The molecular weight excluding hydrogens is 308 g/mol. The molecular formula is C17H18N4O3. The van der Waals surface area contributed by atoms with E-state index in [9.17, 15) is 14.4 Å². The third-order valence-corrected chi connectivity index (χ3v) is 4.14. The topological polar surface area (TPSA) is 93.1 Å². The van der Waals surface area contributed by atoms with Crippen molar-refractivity contribution >= 4 is 17.6 Å². The molecule has 0 saturated heterocycles. The summed E-state index contributed by atoms with van der Waals surface area (Å²) in [6.07, 6.45) is 1.76. The number of carbonyl (C=O) groups excluding carboxylic acids is 3. The Labute approximate surface area is 139 Å². The van der Waals surface area contributed by atoms with Crippen molar-refractivity contribution in [3.05, 3.63) is 41.7 Å². The number of Topliss-reactive ketones (excluding diaryl/α,β-unsaturated/α-hetero) is 1. The predicted octanol–water partition coefficient (Wildman–Crippen LogP) is 1.17. The molecule has 0 spiro atoms. The molecule has 1 aromatic heterocycles. The first-order chi connectivity index (χ1) is 11.5. The maximum absolute atomic E-state index is 12.1. The molecule has 2 amide bonds. The van der Waals surface area contributed by atoms with E-state index >= 15 is 0 Å². The Kier molecular flexibility index (Phi) is 4.16. The number of benzene rings is 1. The number of ketones is 1. The molecule has 1 aliphatic rings. The smallest absolute Gasteiger partial charge is 0.269 e. The van der Waals surface area contributed by atoms with Gasteiger partial charge >= 0.3 is 0 Å². The van der Waals surface area contributed by atoms with Crippen LogP contribution in [0.2, 0.25) is 0 Å². The number of nitrogens with zero attached hydrogens (tertiary/aromatic N) is 2. The molecule has 0 saturated carbocycles. The minimum Gasteiger partial charge on any atom is -0.359 e. The van der Waals surface area contributed by atoms with Gasteiger partial charge < -0.3 is 15.2 Å². The van der Waals surface area contributed by atoms with E-state index in [0.29, 0.717) is 23.6 Å². The lowest BCUT2D eigenvalue weighted by Gasteiger charge is -2.27. The first-order valence-corrected chi connectivity index (χ1v) is 7.68. The Hall–Kier alpha value is -2.96. The Balaban J connectivity index is 2.02. The Morgan fingerprint density at radius 1 is 1.33 bits per heavy atom. The standard InChI is InChI=1S/C17H18N4O3/c1-10(22)11-3-5-12(6-4-11)16-19-9-14-17(24)20-8-13(21(14)16)7-15(23)18-2/h3-6,9,13H,7-8H2,1-2H3,(H,18,23)(H,20,24). The SMILES string of the molecule is CNC(=O)CC1CNC(=O)c2cnc(-c3ccc(C(C)=O)cc3)n21. The third kappa shape index (κ3) is 2.80. The molecule has 7 heteroatoms. The van der Waals surface area contributed by atoms with Crippen LogP contribution in [0.15, 0.2) is 30.5 Å². The quantitative estimate of drug-likeness (QED) is 0.825. The van der Waals surface area contributed by atoms with Gasteiger partial charge in [-0.15, -0.1) is 0 Å². The van der Waals surface area contributed by atoms with Gasteiger partial charge in [0.15, 0.2) is 5.78 Å². The number of carbonyl (C=O) groups is 3. The van der Waals surface area contributed by atoms with Crippen LogP contribution in [0.1, 0.15) is 40.2 Å². The zero-order chi connectivity index (χ0) is 17.3. The normalized spacial score (nSPS) is 16.2. The summed E-state index contributed by atoms with van der Waals surface area (Å²) < 4.78 is 1.80. The maximum Gasteiger partial charge on any atom is 0.269 e. The summed E-state index contributed by atoms with van der Waals surface area (Å²) in [5.41, 5.74) is 1.84. The third-order valence-electron chi connectivity index (χ3n) is 4.14. The number of imidazole rings is 1. The molecule has 0 aliphatic carbocycles. The van der Waals surface area contributed by atoms with E-state index in [1.807, 2.05) is 0 Å². The van der Waals surface area contributed by atoms with Gasteiger partial charge in [0.25, 0.3) is 5.91 Å².